The van der Waals surface area contributed by atoms with Gasteiger partial charge in [-0.15, -0.1) is 11.3 Å². The molecule has 1 aliphatic heterocycles. The van der Waals surface area contributed by atoms with Gasteiger partial charge in [0.25, 0.3) is 0 Å². The predicted molar refractivity (Wildman–Crippen MR) is 58.1 cm³/mol. The first-order chi connectivity index (χ1) is 6.34. The standard InChI is InChI=1S/C9H12BrNOS/c10-9-2-1-8(13-9)5-11-7-3-4-12-6-7/h1-2,7,11H,3-6H2. The molecular weight excluding hydrogens is 250 g/mol. The quantitative estimate of drug-likeness (QED) is 0.903. The highest BCUT2D eigenvalue weighted by Crippen LogP contribution is 2.22. The molecule has 1 atom stereocenters. The molecule has 0 radical (unpaired) electrons. The third-order valence-electron chi connectivity index (χ3n) is 2.12. The van der Waals surface area contributed by atoms with Gasteiger partial charge in [0, 0.05) is 24.1 Å². The van der Waals surface area contributed by atoms with E-state index in [-0.39, 0.29) is 0 Å². The first-order valence-corrected chi connectivity index (χ1v) is 6.01. The molecule has 2 rings (SSSR count). The molecule has 1 N–H and O–H groups in total. The number of ether oxygens (including phenoxy) is 1. The van der Waals surface area contributed by atoms with Crippen molar-refractivity contribution in [1.29, 1.82) is 0 Å². The average molecular weight is 262 g/mol. The van der Waals surface area contributed by atoms with Crippen molar-refractivity contribution in [3.63, 3.8) is 0 Å². The Bertz CT molecular complexity index is 270. The molecule has 0 bridgehead atoms. The van der Waals surface area contributed by atoms with Crippen LogP contribution >= 0.6 is 27.3 Å². The molecule has 0 amide bonds. The van der Waals surface area contributed by atoms with E-state index in [4.69, 9.17) is 4.74 Å². The van der Waals surface area contributed by atoms with Crippen LogP contribution < -0.4 is 5.32 Å². The van der Waals surface area contributed by atoms with Gasteiger partial charge < -0.3 is 10.1 Å². The molecule has 2 nitrogen and oxygen atoms in total. The minimum atomic E-state index is 0.556. The lowest BCUT2D eigenvalue weighted by Gasteiger charge is -2.08. The van der Waals surface area contributed by atoms with Crippen LogP contribution in [0.4, 0.5) is 0 Å². The summed E-state index contributed by atoms with van der Waals surface area (Å²) in [6.45, 7) is 2.74. The summed E-state index contributed by atoms with van der Waals surface area (Å²) in [7, 11) is 0. The van der Waals surface area contributed by atoms with Crippen molar-refractivity contribution in [3.8, 4) is 0 Å². The van der Waals surface area contributed by atoms with Crippen LogP contribution in [0.3, 0.4) is 0 Å². The molecule has 72 valence electrons. The molecule has 4 heteroatoms. The Morgan fingerprint density at radius 1 is 1.62 bits per heavy atom. The van der Waals surface area contributed by atoms with Crippen LogP contribution in [0.25, 0.3) is 0 Å². The SMILES string of the molecule is Brc1ccc(CNC2CCOC2)s1. The Morgan fingerprint density at radius 2 is 2.54 bits per heavy atom. The van der Waals surface area contributed by atoms with E-state index in [2.05, 4.69) is 33.4 Å². The fourth-order valence-electron chi connectivity index (χ4n) is 1.39. The molecule has 1 unspecified atom stereocenters. The van der Waals surface area contributed by atoms with Gasteiger partial charge in [-0.3, -0.25) is 0 Å². The van der Waals surface area contributed by atoms with Gasteiger partial charge in [0.2, 0.25) is 0 Å². The maximum atomic E-state index is 5.28. The fraction of sp³-hybridized carbons (Fsp3) is 0.556. The molecule has 0 aromatic carbocycles. The lowest BCUT2D eigenvalue weighted by Crippen LogP contribution is -2.28. The van der Waals surface area contributed by atoms with Crippen LogP contribution in [0.1, 0.15) is 11.3 Å². The van der Waals surface area contributed by atoms with Gasteiger partial charge >= 0.3 is 0 Å². The zero-order valence-corrected chi connectivity index (χ0v) is 9.66. The Labute approximate surface area is 90.4 Å². The third-order valence-corrected chi connectivity index (χ3v) is 3.75. The lowest BCUT2D eigenvalue weighted by atomic mass is 10.2. The second-order valence-corrected chi connectivity index (χ2v) is 5.69. The average Bonchev–Trinajstić information content (AvgIpc) is 2.71. The number of rotatable bonds is 3. The smallest absolute Gasteiger partial charge is 0.0701 e. The van der Waals surface area contributed by atoms with E-state index >= 15 is 0 Å². The van der Waals surface area contributed by atoms with Gasteiger partial charge in [-0.2, -0.15) is 0 Å². The highest BCUT2D eigenvalue weighted by molar-refractivity contribution is 9.11. The summed E-state index contributed by atoms with van der Waals surface area (Å²) in [5.74, 6) is 0. The van der Waals surface area contributed by atoms with Crippen molar-refractivity contribution in [1.82, 2.24) is 5.32 Å². The number of hydrogen-bond acceptors (Lipinski definition) is 3. The molecule has 0 spiro atoms. The monoisotopic (exact) mass is 261 g/mol. The molecule has 1 aromatic rings. The van der Waals surface area contributed by atoms with E-state index in [0.29, 0.717) is 6.04 Å². The van der Waals surface area contributed by atoms with Crippen molar-refractivity contribution >= 4 is 27.3 Å². The summed E-state index contributed by atoms with van der Waals surface area (Å²) in [4.78, 5) is 1.37. The normalized spacial score (nSPS) is 22.4. The second kappa shape index (κ2) is 4.55. The van der Waals surface area contributed by atoms with Gasteiger partial charge in [0.15, 0.2) is 0 Å². The first-order valence-electron chi connectivity index (χ1n) is 4.40. The number of hydrogen-bond donors (Lipinski definition) is 1. The highest BCUT2D eigenvalue weighted by Gasteiger charge is 2.14. The van der Waals surface area contributed by atoms with Gasteiger partial charge in [0.1, 0.15) is 0 Å². The summed E-state index contributed by atoms with van der Waals surface area (Å²) < 4.78 is 6.48. The molecule has 13 heavy (non-hydrogen) atoms. The zero-order chi connectivity index (χ0) is 9.10. The summed E-state index contributed by atoms with van der Waals surface area (Å²) in [5, 5.41) is 3.48. The lowest BCUT2D eigenvalue weighted by molar-refractivity contribution is 0.190. The van der Waals surface area contributed by atoms with Crippen LogP contribution in [-0.4, -0.2) is 19.3 Å². The van der Waals surface area contributed by atoms with Crippen LogP contribution in [0.2, 0.25) is 0 Å². The minimum absolute atomic E-state index is 0.556. The molecule has 1 aliphatic rings. The zero-order valence-electron chi connectivity index (χ0n) is 7.25. The van der Waals surface area contributed by atoms with Crippen LogP contribution in [0, 0.1) is 0 Å². The predicted octanol–water partition coefficient (Wildman–Crippen LogP) is 2.39. The van der Waals surface area contributed by atoms with Gasteiger partial charge in [-0.05, 0) is 34.5 Å². The summed E-state index contributed by atoms with van der Waals surface area (Å²) in [6, 6.07) is 4.80. The molecule has 1 saturated heterocycles. The molecule has 0 aliphatic carbocycles. The van der Waals surface area contributed by atoms with Crippen molar-refractivity contribution in [3.05, 3.63) is 20.8 Å². The fourth-order valence-corrected chi connectivity index (χ4v) is 2.82. The summed E-state index contributed by atoms with van der Waals surface area (Å²) in [6.07, 6.45) is 1.15. The molecule has 0 saturated carbocycles. The Kier molecular flexibility index (Phi) is 3.38. The highest BCUT2D eigenvalue weighted by atomic mass is 79.9. The summed E-state index contributed by atoms with van der Waals surface area (Å²) in [5.41, 5.74) is 0. The van der Waals surface area contributed by atoms with Crippen molar-refractivity contribution in [2.45, 2.75) is 19.0 Å². The van der Waals surface area contributed by atoms with Crippen LogP contribution in [0.15, 0.2) is 15.9 Å². The summed E-state index contributed by atoms with van der Waals surface area (Å²) >= 11 is 5.24. The Morgan fingerprint density at radius 3 is 3.15 bits per heavy atom. The van der Waals surface area contributed by atoms with E-state index in [1.807, 2.05) is 0 Å². The third kappa shape index (κ3) is 2.77. The van der Waals surface area contributed by atoms with E-state index in [1.54, 1.807) is 11.3 Å². The van der Waals surface area contributed by atoms with Crippen molar-refractivity contribution in [2.75, 3.05) is 13.2 Å². The van der Waals surface area contributed by atoms with E-state index in [0.717, 1.165) is 26.2 Å². The van der Waals surface area contributed by atoms with E-state index in [1.165, 1.54) is 8.66 Å². The van der Waals surface area contributed by atoms with Crippen LogP contribution in [-0.2, 0) is 11.3 Å². The largest absolute Gasteiger partial charge is 0.380 e. The van der Waals surface area contributed by atoms with Crippen molar-refractivity contribution in [2.24, 2.45) is 0 Å². The topological polar surface area (TPSA) is 21.3 Å². The molecule has 2 heterocycles. The number of nitrogens with one attached hydrogen (secondary N) is 1. The van der Waals surface area contributed by atoms with Crippen molar-refractivity contribution < 1.29 is 4.74 Å². The van der Waals surface area contributed by atoms with Gasteiger partial charge in [0.05, 0.1) is 10.4 Å². The van der Waals surface area contributed by atoms with E-state index < -0.39 is 0 Å². The molecular formula is C9H12BrNOS. The van der Waals surface area contributed by atoms with E-state index in [9.17, 15) is 0 Å². The minimum Gasteiger partial charge on any atom is -0.380 e. The maximum absolute atomic E-state index is 5.28. The molecule has 1 aromatic heterocycles. The second-order valence-electron chi connectivity index (χ2n) is 3.15. The van der Waals surface area contributed by atoms with Gasteiger partial charge in [-0.25, -0.2) is 0 Å². The number of halogens is 1. The maximum Gasteiger partial charge on any atom is 0.0701 e. The Balaban J connectivity index is 1.78. The van der Waals surface area contributed by atoms with Crippen LogP contribution in [0.5, 0.6) is 0 Å². The Hall–Kier alpha value is 0.1000. The van der Waals surface area contributed by atoms with Gasteiger partial charge in [-0.1, -0.05) is 0 Å². The first kappa shape index (κ1) is 9.65. The molecule has 1 fully saturated rings. The number of thiophene rings is 1.